The van der Waals surface area contributed by atoms with Crippen LogP contribution in [0.2, 0.25) is 5.02 Å². The fourth-order valence-corrected chi connectivity index (χ4v) is 5.34. The summed E-state index contributed by atoms with van der Waals surface area (Å²) in [4.78, 5) is 24.1. The van der Waals surface area contributed by atoms with E-state index in [1.54, 1.807) is 42.7 Å². The molecule has 2 amide bonds. The number of hydrogen-bond acceptors (Lipinski definition) is 6. The summed E-state index contributed by atoms with van der Waals surface area (Å²) in [5.74, 6) is 0.235. The van der Waals surface area contributed by atoms with Gasteiger partial charge in [0.25, 0.3) is 11.8 Å². The lowest BCUT2D eigenvalue weighted by atomic mass is 10.1. The molecule has 226 valence electrons. The summed E-state index contributed by atoms with van der Waals surface area (Å²) in [5, 5.41) is 26.5. The number of aromatic amines is 2. The number of amides is 2. The second kappa shape index (κ2) is 12.1. The zero-order chi connectivity index (χ0) is 31.6. The molecular weight excluding hydrogens is 607 g/mol. The van der Waals surface area contributed by atoms with Gasteiger partial charge in [-0.05, 0) is 42.0 Å². The number of para-hydroxylation sites is 1. The quantitative estimate of drug-likeness (QED) is 0.111. The molecule has 0 saturated heterocycles. The van der Waals surface area contributed by atoms with E-state index < -0.39 is 0 Å². The van der Waals surface area contributed by atoms with Gasteiger partial charge in [0.05, 0.1) is 27.7 Å². The Balaban J connectivity index is 0.000000147. The van der Waals surface area contributed by atoms with Crippen LogP contribution in [0.4, 0.5) is 27.4 Å². The Morgan fingerprint density at radius 3 is 2.24 bits per heavy atom. The first kappa shape index (κ1) is 28.6. The molecule has 2 aliphatic heterocycles. The molecule has 0 fully saturated rings. The minimum atomic E-state index is -0.372. The van der Waals surface area contributed by atoms with Crippen LogP contribution in [0.25, 0.3) is 33.3 Å². The van der Waals surface area contributed by atoms with Gasteiger partial charge in [0, 0.05) is 46.0 Å². The average molecular weight is 631 g/mol. The van der Waals surface area contributed by atoms with Gasteiger partial charge in [-0.1, -0.05) is 66.2 Å². The highest BCUT2D eigenvalue weighted by molar-refractivity contribution is 6.34. The molecule has 0 bridgehead atoms. The van der Waals surface area contributed by atoms with Crippen molar-refractivity contribution in [1.29, 1.82) is 0 Å². The lowest BCUT2D eigenvalue weighted by molar-refractivity contribution is -0.111. The molecule has 12 heteroatoms. The molecule has 8 rings (SSSR count). The predicted molar refractivity (Wildman–Crippen MR) is 178 cm³/mol. The second-order valence-corrected chi connectivity index (χ2v) is 10.8. The van der Waals surface area contributed by atoms with Crippen LogP contribution in [0.15, 0.2) is 109 Å². The van der Waals surface area contributed by atoms with E-state index in [0.717, 1.165) is 33.8 Å². The van der Waals surface area contributed by atoms with E-state index in [1.165, 1.54) is 6.07 Å². The number of carbonyl (C=O) groups is 2. The first-order valence-electron chi connectivity index (χ1n) is 14.1. The number of H-pyrrole nitrogens is 2. The van der Waals surface area contributed by atoms with E-state index in [9.17, 15) is 14.0 Å². The SMILES string of the molecule is O=C1Nc2ccc(Cl)cc2C1=CNc1cc(-c2ccccc2)[nH]n1.O=C1Nc2ccccc2C1=CNc1n[nH]c2cccc(F)c12. The summed E-state index contributed by atoms with van der Waals surface area (Å²) >= 11 is 6.02. The van der Waals surface area contributed by atoms with Gasteiger partial charge in [0.15, 0.2) is 11.6 Å². The number of anilines is 4. The minimum Gasteiger partial charge on any atom is -0.344 e. The number of hydrogen-bond donors (Lipinski definition) is 6. The normalized spacial score (nSPS) is 14.8. The monoisotopic (exact) mass is 630 g/mol. The number of halogens is 2. The summed E-state index contributed by atoms with van der Waals surface area (Å²) in [6, 6.07) is 29.2. The Morgan fingerprint density at radius 2 is 1.41 bits per heavy atom. The molecular formula is C34H24ClFN8O2. The van der Waals surface area contributed by atoms with E-state index in [2.05, 4.69) is 41.7 Å². The molecule has 0 spiro atoms. The summed E-state index contributed by atoms with van der Waals surface area (Å²) < 4.78 is 13.9. The molecule has 4 aromatic carbocycles. The number of aromatic nitrogens is 4. The Morgan fingerprint density at radius 1 is 0.696 bits per heavy atom. The third kappa shape index (κ3) is 5.58. The van der Waals surface area contributed by atoms with Crippen LogP contribution in [0.3, 0.4) is 0 Å². The third-order valence-electron chi connectivity index (χ3n) is 7.39. The fourth-order valence-electron chi connectivity index (χ4n) is 5.17. The van der Waals surface area contributed by atoms with E-state index in [1.807, 2.05) is 60.7 Å². The Bertz CT molecular complexity index is 2190. The molecule has 2 aliphatic rings. The Labute approximate surface area is 266 Å². The largest absolute Gasteiger partial charge is 0.344 e. The van der Waals surface area contributed by atoms with Gasteiger partial charge in [0.1, 0.15) is 5.82 Å². The molecule has 46 heavy (non-hydrogen) atoms. The second-order valence-electron chi connectivity index (χ2n) is 10.3. The molecule has 0 atom stereocenters. The molecule has 0 aliphatic carbocycles. The Kier molecular flexibility index (Phi) is 7.49. The first-order chi connectivity index (χ1) is 22.4. The van der Waals surface area contributed by atoms with Gasteiger partial charge in [-0.25, -0.2) is 4.39 Å². The lowest BCUT2D eigenvalue weighted by Crippen LogP contribution is -2.05. The predicted octanol–water partition coefficient (Wildman–Crippen LogP) is 7.24. The summed E-state index contributed by atoms with van der Waals surface area (Å²) in [7, 11) is 0. The molecule has 2 aromatic heterocycles. The van der Waals surface area contributed by atoms with Crippen molar-refractivity contribution in [3.63, 3.8) is 0 Å². The van der Waals surface area contributed by atoms with Crippen LogP contribution < -0.4 is 21.3 Å². The zero-order valence-corrected chi connectivity index (χ0v) is 24.6. The molecule has 0 radical (unpaired) electrons. The van der Waals surface area contributed by atoms with Crippen molar-refractivity contribution in [3.05, 3.63) is 131 Å². The van der Waals surface area contributed by atoms with E-state index in [4.69, 9.17) is 11.6 Å². The van der Waals surface area contributed by atoms with Gasteiger partial charge in [-0.2, -0.15) is 10.2 Å². The molecule has 6 aromatic rings. The molecule has 4 heterocycles. The highest BCUT2D eigenvalue weighted by Crippen LogP contribution is 2.34. The smallest absolute Gasteiger partial charge is 0.257 e. The third-order valence-corrected chi connectivity index (χ3v) is 7.63. The lowest BCUT2D eigenvalue weighted by Gasteiger charge is -2.00. The standard InChI is InChI=1S/C18H13ClN4O.C16H11FN4O/c19-12-6-7-15-13(8-12)14(18(24)21-15)10-20-17-9-16(22-23-17)11-4-2-1-3-5-11;17-11-5-3-7-13-14(11)15(21-20-13)18-8-10-9-4-1-2-6-12(9)19-16(10)22/h1-10H,(H,21,24)(H2,20,22,23);1-8H,(H,19,22)(H2,18,20,21). The van der Waals surface area contributed by atoms with Gasteiger partial charge < -0.3 is 21.3 Å². The summed E-state index contributed by atoms with van der Waals surface area (Å²) in [6.07, 6.45) is 3.19. The van der Waals surface area contributed by atoms with Crippen molar-refractivity contribution >= 4 is 68.5 Å². The topological polar surface area (TPSA) is 140 Å². The first-order valence-corrected chi connectivity index (χ1v) is 14.5. The molecule has 6 N–H and O–H groups in total. The van der Waals surface area contributed by atoms with Gasteiger partial charge in [0.2, 0.25) is 0 Å². The molecule has 0 saturated carbocycles. The van der Waals surface area contributed by atoms with Crippen LogP contribution in [0.5, 0.6) is 0 Å². The van der Waals surface area contributed by atoms with Gasteiger partial charge >= 0.3 is 0 Å². The van der Waals surface area contributed by atoms with Crippen LogP contribution >= 0.6 is 11.6 Å². The van der Waals surface area contributed by atoms with Gasteiger partial charge in [-0.15, -0.1) is 0 Å². The Hall–Kier alpha value is -6.20. The van der Waals surface area contributed by atoms with Crippen LogP contribution in [-0.4, -0.2) is 32.2 Å². The minimum absolute atomic E-state index is 0.168. The maximum absolute atomic E-state index is 13.9. The van der Waals surface area contributed by atoms with Crippen molar-refractivity contribution in [1.82, 2.24) is 20.4 Å². The average Bonchev–Trinajstić information content (AvgIpc) is 3.84. The fraction of sp³-hybridized carbons (Fsp3) is 0. The van der Waals surface area contributed by atoms with Crippen molar-refractivity contribution in [2.75, 3.05) is 21.3 Å². The molecule has 0 unspecified atom stereocenters. The highest BCUT2D eigenvalue weighted by Gasteiger charge is 2.25. The van der Waals surface area contributed by atoms with Crippen LogP contribution in [0.1, 0.15) is 11.1 Å². The maximum Gasteiger partial charge on any atom is 0.257 e. The summed E-state index contributed by atoms with van der Waals surface area (Å²) in [5.41, 5.74) is 6.65. The van der Waals surface area contributed by atoms with Gasteiger partial charge in [-0.3, -0.25) is 19.8 Å². The number of rotatable bonds is 5. The van der Waals surface area contributed by atoms with Crippen LogP contribution in [-0.2, 0) is 9.59 Å². The zero-order valence-electron chi connectivity index (χ0n) is 23.9. The number of fused-ring (bicyclic) bond motifs is 3. The number of nitrogens with zero attached hydrogens (tertiary/aromatic N) is 2. The number of benzene rings is 4. The van der Waals surface area contributed by atoms with Crippen molar-refractivity contribution in [2.45, 2.75) is 0 Å². The maximum atomic E-state index is 13.9. The van der Waals surface area contributed by atoms with Crippen molar-refractivity contribution in [3.8, 4) is 11.3 Å². The highest BCUT2D eigenvalue weighted by atomic mass is 35.5. The van der Waals surface area contributed by atoms with E-state index in [0.29, 0.717) is 38.7 Å². The van der Waals surface area contributed by atoms with Crippen molar-refractivity contribution < 1.29 is 14.0 Å². The van der Waals surface area contributed by atoms with E-state index >= 15 is 0 Å². The number of carbonyl (C=O) groups excluding carboxylic acids is 2. The van der Waals surface area contributed by atoms with E-state index in [-0.39, 0.29) is 17.6 Å². The van der Waals surface area contributed by atoms with Crippen LogP contribution in [0, 0.1) is 5.82 Å². The molecule has 10 nitrogen and oxygen atoms in total. The number of nitrogens with one attached hydrogen (secondary N) is 6. The van der Waals surface area contributed by atoms with Crippen molar-refractivity contribution in [2.24, 2.45) is 0 Å². The summed E-state index contributed by atoms with van der Waals surface area (Å²) in [6.45, 7) is 0.